The maximum atomic E-state index is 12.2. The van der Waals surface area contributed by atoms with Crippen molar-refractivity contribution in [3.63, 3.8) is 0 Å². The molecule has 1 aliphatic rings. The Morgan fingerprint density at radius 2 is 2.40 bits per heavy atom. The highest BCUT2D eigenvalue weighted by Crippen LogP contribution is 2.26. The lowest BCUT2D eigenvalue weighted by Crippen LogP contribution is -2.40. The van der Waals surface area contributed by atoms with Gasteiger partial charge < -0.3 is 15.4 Å². The summed E-state index contributed by atoms with van der Waals surface area (Å²) >= 11 is 3.41. The van der Waals surface area contributed by atoms with Gasteiger partial charge in [0.05, 0.1) is 25.0 Å². The minimum Gasteiger partial charge on any atom is -0.383 e. The number of hydrogen-bond donors (Lipinski definition) is 1. The number of methoxy groups -OCH3 is 1. The van der Waals surface area contributed by atoms with Crippen molar-refractivity contribution in [1.29, 1.82) is 0 Å². The third kappa shape index (κ3) is 3.39. The molecule has 1 atom stereocenters. The third-order valence-electron chi connectivity index (χ3n) is 3.67. The molecule has 1 unspecified atom stereocenters. The second-order valence-electron chi connectivity index (χ2n) is 5.05. The molecule has 0 amide bonds. The summed E-state index contributed by atoms with van der Waals surface area (Å²) in [5.41, 5.74) is 6.50. The number of halogens is 1. The van der Waals surface area contributed by atoms with Crippen LogP contribution in [0, 0.1) is 5.92 Å². The zero-order chi connectivity index (χ0) is 14.5. The van der Waals surface area contributed by atoms with Crippen LogP contribution in [0.5, 0.6) is 0 Å². The maximum Gasteiger partial charge on any atom is 0.283 e. The normalized spacial score (nSPS) is 19.4. The van der Waals surface area contributed by atoms with Crippen LogP contribution in [0.1, 0.15) is 12.8 Å². The summed E-state index contributed by atoms with van der Waals surface area (Å²) in [6.45, 7) is 3.44. The largest absolute Gasteiger partial charge is 0.383 e. The van der Waals surface area contributed by atoms with Gasteiger partial charge in [-0.15, -0.1) is 0 Å². The Balaban J connectivity index is 2.20. The molecule has 1 fully saturated rings. The quantitative estimate of drug-likeness (QED) is 0.856. The first-order valence-corrected chi connectivity index (χ1v) is 7.66. The van der Waals surface area contributed by atoms with E-state index in [9.17, 15) is 4.79 Å². The first-order chi connectivity index (χ1) is 9.67. The smallest absolute Gasteiger partial charge is 0.283 e. The highest BCUT2D eigenvalue weighted by molar-refractivity contribution is 9.10. The van der Waals surface area contributed by atoms with Gasteiger partial charge in [0.1, 0.15) is 4.47 Å². The van der Waals surface area contributed by atoms with Crippen molar-refractivity contribution in [3.05, 3.63) is 21.0 Å². The van der Waals surface area contributed by atoms with Crippen molar-refractivity contribution >= 4 is 21.6 Å². The summed E-state index contributed by atoms with van der Waals surface area (Å²) in [5.74, 6) is 0.492. The van der Waals surface area contributed by atoms with E-state index in [0.29, 0.717) is 30.1 Å². The van der Waals surface area contributed by atoms with Crippen LogP contribution < -0.4 is 16.2 Å². The zero-order valence-corrected chi connectivity index (χ0v) is 13.3. The SMILES string of the molecule is COCCn1ncc(N2CCCC(CN)C2)c(Br)c1=O. The number of aromatic nitrogens is 2. The number of rotatable bonds is 5. The van der Waals surface area contributed by atoms with Crippen molar-refractivity contribution in [1.82, 2.24) is 9.78 Å². The van der Waals surface area contributed by atoms with E-state index in [2.05, 4.69) is 25.9 Å². The molecule has 7 heteroatoms. The highest BCUT2D eigenvalue weighted by Gasteiger charge is 2.22. The van der Waals surface area contributed by atoms with Crippen LogP contribution in [0.4, 0.5) is 5.69 Å². The molecule has 20 heavy (non-hydrogen) atoms. The topological polar surface area (TPSA) is 73.4 Å². The van der Waals surface area contributed by atoms with Gasteiger partial charge in [-0.3, -0.25) is 4.79 Å². The Kier molecular flexibility index (Phi) is 5.56. The van der Waals surface area contributed by atoms with Gasteiger partial charge in [-0.2, -0.15) is 5.10 Å². The fraction of sp³-hybridized carbons (Fsp3) is 0.692. The van der Waals surface area contributed by atoms with Gasteiger partial charge in [-0.1, -0.05) is 0 Å². The standard InChI is InChI=1S/C13H21BrN4O2/c1-20-6-5-18-13(19)12(14)11(8-16-18)17-4-2-3-10(7-15)9-17/h8,10H,2-7,9,15H2,1H3. The molecular formula is C13H21BrN4O2. The molecule has 0 saturated carbocycles. The highest BCUT2D eigenvalue weighted by atomic mass is 79.9. The molecule has 0 radical (unpaired) electrons. The van der Waals surface area contributed by atoms with Crippen LogP contribution in [0.2, 0.25) is 0 Å². The van der Waals surface area contributed by atoms with Crippen LogP contribution >= 0.6 is 15.9 Å². The molecule has 112 valence electrons. The maximum absolute atomic E-state index is 12.2. The average Bonchev–Trinajstić information content (AvgIpc) is 2.49. The Hall–Kier alpha value is -0.920. The van der Waals surface area contributed by atoms with Gasteiger partial charge in [-0.05, 0) is 41.2 Å². The molecule has 0 aromatic carbocycles. The molecule has 2 rings (SSSR count). The van der Waals surface area contributed by atoms with Gasteiger partial charge in [0, 0.05) is 20.2 Å². The molecule has 1 aromatic heterocycles. The summed E-state index contributed by atoms with van der Waals surface area (Å²) in [5, 5.41) is 4.22. The van der Waals surface area contributed by atoms with Crippen LogP contribution in [0.15, 0.2) is 15.5 Å². The first kappa shape index (κ1) is 15.5. The van der Waals surface area contributed by atoms with Gasteiger partial charge in [0.2, 0.25) is 0 Å². The molecule has 2 heterocycles. The number of anilines is 1. The number of nitrogens with two attached hydrogens (primary N) is 1. The minimum atomic E-state index is -0.116. The van der Waals surface area contributed by atoms with E-state index < -0.39 is 0 Å². The van der Waals surface area contributed by atoms with Crippen molar-refractivity contribution in [3.8, 4) is 0 Å². The number of piperidine rings is 1. The predicted octanol–water partition coefficient (Wildman–Crippen LogP) is 0.827. The lowest BCUT2D eigenvalue weighted by Gasteiger charge is -2.34. The second kappa shape index (κ2) is 7.19. The lowest BCUT2D eigenvalue weighted by atomic mass is 9.98. The van der Waals surface area contributed by atoms with E-state index in [1.807, 2.05) is 0 Å². The summed E-state index contributed by atoms with van der Waals surface area (Å²) in [6.07, 6.45) is 4.00. The monoisotopic (exact) mass is 344 g/mol. The van der Waals surface area contributed by atoms with E-state index in [0.717, 1.165) is 31.6 Å². The molecule has 0 aliphatic carbocycles. The van der Waals surface area contributed by atoms with Crippen LogP contribution in [0.3, 0.4) is 0 Å². The molecular weight excluding hydrogens is 324 g/mol. The molecule has 6 nitrogen and oxygen atoms in total. The fourth-order valence-corrected chi connectivity index (χ4v) is 3.05. The summed E-state index contributed by atoms with van der Waals surface area (Å²) in [6, 6.07) is 0. The van der Waals surface area contributed by atoms with E-state index in [-0.39, 0.29) is 5.56 Å². The van der Waals surface area contributed by atoms with E-state index in [1.54, 1.807) is 13.3 Å². The van der Waals surface area contributed by atoms with Crippen LogP contribution in [0.25, 0.3) is 0 Å². The minimum absolute atomic E-state index is 0.116. The number of ether oxygens (including phenoxy) is 1. The van der Waals surface area contributed by atoms with Crippen molar-refractivity contribution < 1.29 is 4.74 Å². The molecule has 1 aromatic rings. The number of nitrogens with zero attached hydrogens (tertiary/aromatic N) is 3. The average molecular weight is 345 g/mol. The first-order valence-electron chi connectivity index (χ1n) is 6.87. The zero-order valence-electron chi connectivity index (χ0n) is 11.7. The van der Waals surface area contributed by atoms with Crippen molar-refractivity contribution in [2.24, 2.45) is 11.7 Å². The van der Waals surface area contributed by atoms with E-state index in [4.69, 9.17) is 10.5 Å². The van der Waals surface area contributed by atoms with Crippen LogP contribution in [-0.2, 0) is 11.3 Å². The summed E-state index contributed by atoms with van der Waals surface area (Å²) in [7, 11) is 1.61. The Bertz CT molecular complexity index is 506. The molecule has 1 saturated heterocycles. The number of hydrogen-bond acceptors (Lipinski definition) is 5. The van der Waals surface area contributed by atoms with Crippen LogP contribution in [-0.4, -0.2) is 43.1 Å². The van der Waals surface area contributed by atoms with E-state index in [1.165, 1.54) is 4.68 Å². The molecule has 2 N–H and O–H groups in total. The van der Waals surface area contributed by atoms with Gasteiger partial charge in [0.15, 0.2) is 0 Å². The summed E-state index contributed by atoms with van der Waals surface area (Å²) in [4.78, 5) is 14.4. The van der Waals surface area contributed by atoms with Crippen molar-refractivity contribution in [2.45, 2.75) is 19.4 Å². The Morgan fingerprint density at radius 1 is 1.60 bits per heavy atom. The van der Waals surface area contributed by atoms with E-state index >= 15 is 0 Å². The molecule has 0 spiro atoms. The van der Waals surface area contributed by atoms with Crippen molar-refractivity contribution in [2.75, 3.05) is 38.3 Å². The second-order valence-corrected chi connectivity index (χ2v) is 5.85. The lowest BCUT2D eigenvalue weighted by molar-refractivity contribution is 0.181. The third-order valence-corrected chi connectivity index (χ3v) is 4.41. The van der Waals surface area contributed by atoms with Gasteiger partial charge in [-0.25, -0.2) is 4.68 Å². The fourth-order valence-electron chi connectivity index (χ4n) is 2.49. The Morgan fingerprint density at radius 3 is 3.10 bits per heavy atom. The van der Waals surface area contributed by atoms with Gasteiger partial charge >= 0.3 is 0 Å². The summed E-state index contributed by atoms with van der Waals surface area (Å²) < 4.78 is 6.97. The predicted molar refractivity (Wildman–Crippen MR) is 82.1 cm³/mol. The van der Waals surface area contributed by atoms with Gasteiger partial charge in [0.25, 0.3) is 5.56 Å². The molecule has 1 aliphatic heterocycles. The Labute approximate surface area is 127 Å². The molecule has 0 bridgehead atoms.